The van der Waals surface area contributed by atoms with E-state index in [1.54, 1.807) is 0 Å². The minimum atomic E-state index is 0.976. The summed E-state index contributed by atoms with van der Waals surface area (Å²) < 4.78 is 2.29. The van der Waals surface area contributed by atoms with Crippen LogP contribution < -0.4 is 0 Å². The van der Waals surface area contributed by atoms with E-state index >= 15 is 0 Å². The topological polar surface area (TPSA) is 4.93 Å². The SMILES string of the molecule is Cn1c2ccccc2c2ccc(-c3ccc(Cc4ccccc4)cc3)cc21. The van der Waals surface area contributed by atoms with Crippen molar-refractivity contribution in [1.82, 2.24) is 4.57 Å². The average Bonchev–Trinajstić information content (AvgIpc) is 3.02. The lowest BCUT2D eigenvalue weighted by molar-refractivity contribution is 1.01. The second-order valence-corrected chi connectivity index (χ2v) is 7.17. The largest absolute Gasteiger partial charge is 0.344 e. The summed E-state index contributed by atoms with van der Waals surface area (Å²) in [5, 5.41) is 2.64. The van der Waals surface area contributed by atoms with Crippen LogP contribution in [0.25, 0.3) is 32.9 Å². The van der Waals surface area contributed by atoms with E-state index in [9.17, 15) is 0 Å². The smallest absolute Gasteiger partial charge is 0.0494 e. The molecule has 0 bridgehead atoms. The van der Waals surface area contributed by atoms with Crippen molar-refractivity contribution < 1.29 is 0 Å². The van der Waals surface area contributed by atoms with Gasteiger partial charge in [-0.05, 0) is 40.8 Å². The van der Waals surface area contributed by atoms with Gasteiger partial charge < -0.3 is 4.57 Å². The Morgan fingerprint density at radius 1 is 0.556 bits per heavy atom. The first kappa shape index (κ1) is 15.9. The van der Waals surface area contributed by atoms with Crippen LogP contribution in [0.15, 0.2) is 97.1 Å². The maximum Gasteiger partial charge on any atom is 0.0494 e. The number of aryl methyl sites for hydroxylation is 1. The second kappa shape index (κ2) is 6.44. The fraction of sp³-hybridized carbons (Fsp3) is 0.0769. The third-order valence-electron chi connectivity index (χ3n) is 5.45. The molecule has 27 heavy (non-hydrogen) atoms. The second-order valence-electron chi connectivity index (χ2n) is 7.17. The van der Waals surface area contributed by atoms with E-state index in [-0.39, 0.29) is 0 Å². The van der Waals surface area contributed by atoms with E-state index in [0.717, 1.165) is 6.42 Å². The van der Waals surface area contributed by atoms with Gasteiger partial charge in [-0.25, -0.2) is 0 Å². The molecular formula is C26H21N. The van der Waals surface area contributed by atoms with E-state index in [1.807, 2.05) is 0 Å². The summed E-state index contributed by atoms with van der Waals surface area (Å²) in [4.78, 5) is 0. The number of aromatic nitrogens is 1. The maximum atomic E-state index is 2.31. The highest BCUT2D eigenvalue weighted by Crippen LogP contribution is 2.31. The average molecular weight is 347 g/mol. The summed E-state index contributed by atoms with van der Waals surface area (Å²) in [5.41, 5.74) is 7.78. The van der Waals surface area contributed by atoms with Crippen molar-refractivity contribution in [2.45, 2.75) is 6.42 Å². The summed E-state index contributed by atoms with van der Waals surface area (Å²) in [7, 11) is 2.15. The minimum absolute atomic E-state index is 0.976. The van der Waals surface area contributed by atoms with E-state index in [0.29, 0.717) is 0 Å². The number of nitrogens with zero attached hydrogens (tertiary/aromatic N) is 1. The number of hydrogen-bond donors (Lipinski definition) is 0. The molecule has 0 saturated carbocycles. The molecule has 5 aromatic rings. The lowest BCUT2D eigenvalue weighted by atomic mass is 9.99. The van der Waals surface area contributed by atoms with Gasteiger partial charge in [0.15, 0.2) is 0 Å². The molecule has 0 N–H and O–H groups in total. The van der Waals surface area contributed by atoms with Crippen molar-refractivity contribution in [3.8, 4) is 11.1 Å². The van der Waals surface area contributed by atoms with Gasteiger partial charge in [0.1, 0.15) is 0 Å². The molecule has 0 radical (unpaired) electrons. The summed E-state index contributed by atoms with van der Waals surface area (Å²) in [6.07, 6.45) is 0.976. The fourth-order valence-electron chi connectivity index (χ4n) is 3.99. The lowest BCUT2D eigenvalue weighted by Crippen LogP contribution is -1.89. The summed E-state index contributed by atoms with van der Waals surface area (Å²) >= 11 is 0. The molecule has 0 saturated heterocycles. The Hall–Kier alpha value is -3.32. The van der Waals surface area contributed by atoms with Gasteiger partial charge in [-0.1, -0.05) is 84.9 Å². The summed E-state index contributed by atoms with van der Waals surface area (Å²) in [6.45, 7) is 0. The normalized spacial score (nSPS) is 11.3. The zero-order chi connectivity index (χ0) is 18.2. The van der Waals surface area contributed by atoms with Gasteiger partial charge in [-0.15, -0.1) is 0 Å². The van der Waals surface area contributed by atoms with Crippen LogP contribution in [-0.2, 0) is 13.5 Å². The highest BCUT2D eigenvalue weighted by Gasteiger charge is 2.09. The highest BCUT2D eigenvalue weighted by molar-refractivity contribution is 6.08. The number of rotatable bonds is 3. The van der Waals surface area contributed by atoms with Crippen LogP contribution in [0.5, 0.6) is 0 Å². The fourth-order valence-corrected chi connectivity index (χ4v) is 3.99. The summed E-state index contributed by atoms with van der Waals surface area (Å²) in [6, 6.07) is 35.0. The van der Waals surface area contributed by atoms with Gasteiger partial charge in [-0.2, -0.15) is 0 Å². The molecule has 5 rings (SSSR count). The molecule has 0 aliphatic rings. The quantitative estimate of drug-likeness (QED) is 0.347. The third kappa shape index (κ3) is 2.82. The van der Waals surface area contributed by atoms with Crippen molar-refractivity contribution in [2.24, 2.45) is 7.05 Å². The van der Waals surface area contributed by atoms with Gasteiger partial charge in [0.2, 0.25) is 0 Å². The standard InChI is InChI=1S/C26H21N/c1-27-25-10-6-5-9-23(25)24-16-15-22(18-26(24)27)21-13-11-20(12-14-21)17-19-7-3-2-4-8-19/h2-16,18H,17H2,1H3. The predicted molar refractivity (Wildman–Crippen MR) is 115 cm³/mol. The Balaban J connectivity index is 1.51. The first-order valence-corrected chi connectivity index (χ1v) is 9.40. The van der Waals surface area contributed by atoms with Crippen LogP contribution in [0, 0.1) is 0 Å². The molecule has 130 valence electrons. The molecular weight excluding hydrogens is 326 g/mol. The maximum absolute atomic E-state index is 2.31. The Kier molecular flexibility index (Phi) is 3.79. The van der Waals surface area contributed by atoms with Gasteiger partial charge in [0, 0.05) is 28.9 Å². The van der Waals surface area contributed by atoms with E-state index < -0.39 is 0 Å². The van der Waals surface area contributed by atoms with Crippen LogP contribution in [0.2, 0.25) is 0 Å². The Morgan fingerprint density at radius 2 is 1.19 bits per heavy atom. The molecule has 1 aromatic heterocycles. The molecule has 0 aliphatic carbocycles. The molecule has 0 unspecified atom stereocenters. The number of hydrogen-bond acceptors (Lipinski definition) is 0. The molecule has 4 aromatic carbocycles. The van der Waals surface area contributed by atoms with Crippen molar-refractivity contribution in [1.29, 1.82) is 0 Å². The molecule has 1 heterocycles. The molecule has 0 aliphatic heterocycles. The van der Waals surface area contributed by atoms with Crippen LogP contribution >= 0.6 is 0 Å². The Morgan fingerprint density at radius 3 is 2.00 bits per heavy atom. The molecule has 0 atom stereocenters. The van der Waals surface area contributed by atoms with E-state index in [1.165, 1.54) is 44.1 Å². The predicted octanol–water partition coefficient (Wildman–Crippen LogP) is 6.59. The monoisotopic (exact) mass is 347 g/mol. The first-order chi connectivity index (χ1) is 13.3. The molecule has 0 fully saturated rings. The summed E-state index contributed by atoms with van der Waals surface area (Å²) in [5.74, 6) is 0. The van der Waals surface area contributed by atoms with E-state index in [4.69, 9.17) is 0 Å². The van der Waals surface area contributed by atoms with Crippen molar-refractivity contribution in [2.75, 3.05) is 0 Å². The van der Waals surface area contributed by atoms with Gasteiger partial charge in [0.05, 0.1) is 0 Å². The van der Waals surface area contributed by atoms with E-state index in [2.05, 4.69) is 109 Å². The van der Waals surface area contributed by atoms with Gasteiger partial charge >= 0.3 is 0 Å². The van der Waals surface area contributed by atoms with Crippen LogP contribution in [0.3, 0.4) is 0 Å². The zero-order valence-corrected chi connectivity index (χ0v) is 15.4. The third-order valence-corrected chi connectivity index (χ3v) is 5.45. The van der Waals surface area contributed by atoms with Crippen LogP contribution in [-0.4, -0.2) is 4.57 Å². The molecule has 1 nitrogen and oxygen atoms in total. The Labute approximate surface area is 159 Å². The van der Waals surface area contributed by atoms with Crippen molar-refractivity contribution in [3.63, 3.8) is 0 Å². The molecule has 1 heteroatoms. The number of fused-ring (bicyclic) bond motifs is 3. The van der Waals surface area contributed by atoms with Crippen molar-refractivity contribution in [3.05, 3.63) is 108 Å². The first-order valence-electron chi connectivity index (χ1n) is 9.40. The molecule has 0 spiro atoms. The zero-order valence-electron chi connectivity index (χ0n) is 15.4. The number of benzene rings is 4. The molecule has 0 amide bonds. The highest BCUT2D eigenvalue weighted by atomic mass is 14.9. The van der Waals surface area contributed by atoms with Gasteiger partial charge in [0.25, 0.3) is 0 Å². The van der Waals surface area contributed by atoms with Crippen LogP contribution in [0.4, 0.5) is 0 Å². The minimum Gasteiger partial charge on any atom is -0.344 e. The van der Waals surface area contributed by atoms with Crippen LogP contribution in [0.1, 0.15) is 11.1 Å². The van der Waals surface area contributed by atoms with Gasteiger partial charge in [-0.3, -0.25) is 0 Å². The Bertz CT molecular complexity index is 1230. The van der Waals surface area contributed by atoms with Crippen molar-refractivity contribution >= 4 is 21.8 Å². The number of para-hydroxylation sites is 1. The lowest BCUT2D eigenvalue weighted by Gasteiger charge is -2.06.